The van der Waals surface area contributed by atoms with Gasteiger partial charge in [-0.2, -0.15) is 0 Å². The fourth-order valence-electron chi connectivity index (χ4n) is 2.78. The van der Waals surface area contributed by atoms with Gasteiger partial charge in [0.25, 0.3) is 0 Å². The highest BCUT2D eigenvalue weighted by Gasteiger charge is 2.16. The van der Waals surface area contributed by atoms with E-state index in [9.17, 15) is 4.79 Å². The molecule has 0 radical (unpaired) electrons. The Kier molecular flexibility index (Phi) is 5.01. The summed E-state index contributed by atoms with van der Waals surface area (Å²) in [7, 11) is 0. The number of benzene rings is 1. The molecule has 2 heterocycles. The second kappa shape index (κ2) is 7.16. The molecule has 22 heavy (non-hydrogen) atoms. The molecule has 1 aliphatic rings. The molecule has 2 aromatic rings. The largest absolute Gasteiger partial charge is 0.370 e. The zero-order valence-electron chi connectivity index (χ0n) is 12.3. The van der Waals surface area contributed by atoms with Crippen molar-refractivity contribution in [2.24, 2.45) is 0 Å². The molecule has 0 bridgehead atoms. The van der Waals surface area contributed by atoms with Gasteiger partial charge in [-0.15, -0.1) is 11.3 Å². The minimum atomic E-state index is 0.00276. The first-order valence-corrected chi connectivity index (χ1v) is 8.85. The lowest BCUT2D eigenvalue weighted by molar-refractivity contribution is -0.115. The number of halogens is 1. The summed E-state index contributed by atoms with van der Waals surface area (Å²) in [5.41, 5.74) is 1.89. The predicted molar refractivity (Wildman–Crippen MR) is 94.2 cm³/mol. The first-order chi connectivity index (χ1) is 10.7. The van der Waals surface area contributed by atoms with Gasteiger partial charge in [-0.3, -0.25) is 4.79 Å². The van der Waals surface area contributed by atoms with E-state index in [1.807, 2.05) is 35.7 Å². The molecular formula is C17H19ClN2OS. The number of carbonyl (C=O) groups is 1. The van der Waals surface area contributed by atoms with Crippen molar-refractivity contribution >= 4 is 40.2 Å². The van der Waals surface area contributed by atoms with Crippen LogP contribution in [0.15, 0.2) is 35.7 Å². The molecule has 0 aliphatic carbocycles. The van der Waals surface area contributed by atoms with Crippen LogP contribution < -0.4 is 10.2 Å². The maximum Gasteiger partial charge on any atom is 0.229 e. The second-order valence-corrected chi connectivity index (χ2v) is 6.98. The van der Waals surface area contributed by atoms with Crippen molar-refractivity contribution in [1.29, 1.82) is 0 Å². The van der Waals surface area contributed by atoms with Gasteiger partial charge >= 0.3 is 0 Å². The zero-order chi connectivity index (χ0) is 15.4. The third-order valence-electron chi connectivity index (χ3n) is 3.84. The number of thiophene rings is 1. The maximum atomic E-state index is 12.3. The number of nitrogens with one attached hydrogen (secondary N) is 1. The summed E-state index contributed by atoms with van der Waals surface area (Å²) in [4.78, 5) is 15.7. The fourth-order valence-corrected chi connectivity index (χ4v) is 3.66. The minimum absolute atomic E-state index is 0.00276. The van der Waals surface area contributed by atoms with Crippen LogP contribution in [0, 0.1) is 0 Å². The van der Waals surface area contributed by atoms with Gasteiger partial charge in [-0.1, -0.05) is 17.7 Å². The second-order valence-electron chi connectivity index (χ2n) is 5.51. The molecule has 116 valence electrons. The van der Waals surface area contributed by atoms with E-state index in [1.54, 1.807) is 11.3 Å². The molecule has 0 atom stereocenters. The zero-order valence-corrected chi connectivity index (χ0v) is 13.9. The Balaban J connectivity index is 1.76. The van der Waals surface area contributed by atoms with Crippen molar-refractivity contribution in [2.45, 2.75) is 25.7 Å². The van der Waals surface area contributed by atoms with Gasteiger partial charge in [0.2, 0.25) is 5.91 Å². The summed E-state index contributed by atoms with van der Waals surface area (Å²) in [6.45, 7) is 2.07. The highest BCUT2D eigenvalue weighted by atomic mass is 35.5. The van der Waals surface area contributed by atoms with Crippen LogP contribution in [-0.4, -0.2) is 19.0 Å². The average Bonchev–Trinajstić information content (AvgIpc) is 3.01. The van der Waals surface area contributed by atoms with Gasteiger partial charge < -0.3 is 10.2 Å². The molecule has 3 nitrogen and oxygen atoms in total. The van der Waals surface area contributed by atoms with Gasteiger partial charge in [0.1, 0.15) is 0 Å². The van der Waals surface area contributed by atoms with E-state index in [2.05, 4.69) is 10.2 Å². The van der Waals surface area contributed by atoms with Crippen molar-refractivity contribution < 1.29 is 4.79 Å². The monoisotopic (exact) mass is 334 g/mol. The lowest BCUT2D eigenvalue weighted by Gasteiger charge is -2.30. The molecule has 1 aromatic carbocycles. The Morgan fingerprint density at radius 2 is 2.05 bits per heavy atom. The number of rotatable bonds is 4. The number of nitrogens with zero attached hydrogens (tertiary/aromatic N) is 1. The molecular weight excluding hydrogens is 316 g/mol. The summed E-state index contributed by atoms with van der Waals surface area (Å²) in [5.74, 6) is 0.00276. The Morgan fingerprint density at radius 3 is 2.77 bits per heavy atom. The minimum Gasteiger partial charge on any atom is -0.370 e. The van der Waals surface area contributed by atoms with Crippen LogP contribution in [0.3, 0.4) is 0 Å². The first-order valence-electron chi connectivity index (χ1n) is 7.59. The van der Waals surface area contributed by atoms with Crippen LogP contribution in [-0.2, 0) is 11.2 Å². The van der Waals surface area contributed by atoms with Crippen molar-refractivity contribution in [3.63, 3.8) is 0 Å². The van der Waals surface area contributed by atoms with Gasteiger partial charge in [0, 0.05) is 23.0 Å². The highest BCUT2D eigenvalue weighted by Crippen LogP contribution is 2.31. The van der Waals surface area contributed by atoms with E-state index in [1.165, 1.54) is 19.3 Å². The molecule has 3 rings (SSSR count). The van der Waals surface area contributed by atoms with Crippen LogP contribution in [0.25, 0.3) is 0 Å². The summed E-state index contributed by atoms with van der Waals surface area (Å²) >= 11 is 7.71. The SMILES string of the molecule is O=C(Cc1cccs1)Nc1cc(Cl)ccc1N1CCCCC1. The molecule has 0 spiro atoms. The number of hydrogen-bond donors (Lipinski definition) is 1. The first kappa shape index (κ1) is 15.4. The Labute approximate surface area is 139 Å². The standard InChI is InChI=1S/C17H19ClN2OS/c18-13-6-7-16(20-8-2-1-3-9-20)15(11-13)19-17(21)12-14-5-4-10-22-14/h4-7,10-11H,1-3,8-9,12H2,(H,19,21). The van der Waals surface area contributed by atoms with Crippen molar-refractivity contribution in [3.8, 4) is 0 Å². The summed E-state index contributed by atoms with van der Waals surface area (Å²) < 4.78 is 0. The predicted octanol–water partition coefficient (Wildman–Crippen LogP) is 4.57. The molecule has 1 fully saturated rings. The van der Waals surface area contributed by atoms with Gasteiger partial charge in [0.05, 0.1) is 17.8 Å². The fraction of sp³-hybridized carbons (Fsp3) is 0.353. The molecule has 1 amide bonds. The molecule has 1 aromatic heterocycles. The van der Waals surface area contributed by atoms with Crippen LogP contribution in [0.4, 0.5) is 11.4 Å². The Bertz CT molecular complexity index is 636. The maximum absolute atomic E-state index is 12.3. The van der Waals surface area contributed by atoms with E-state index in [0.29, 0.717) is 11.4 Å². The molecule has 1 N–H and O–H groups in total. The third-order valence-corrected chi connectivity index (χ3v) is 4.96. The Hall–Kier alpha value is -1.52. The number of piperidine rings is 1. The number of amides is 1. The van der Waals surface area contributed by atoms with E-state index in [4.69, 9.17) is 11.6 Å². The smallest absolute Gasteiger partial charge is 0.229 e. The van der Waals surface area contributed by atoms with Gasteiger partial charge in [-0.05, 0) is 48.9 Å². The highest BCUT2D eigenvalue weighted by molar-refractivity contribution is 7.10. The summed E-state index contributed by atoms with van der Waals surface area (Å²) in [5, 5.41) is 5.66. The van der Waals surface area contributed by atoms with Crippen LogP contribution in [0.2, 0.25) is 5.02 Å². The molecule has 0 saturated carbocycles. The molecule has 0 unspecified atom stereocenters. The number of anilines is 2. The quantitative estimate of drug-likeness (QED) is 0.888. The van der Waals surface area contributed by atoms with Crippen LogP contribution >= 0.6 is 22.9 Å². The number of hydrogen-bond acceptors (Lipinski definition) is 3. The van der Waals surface area contributed by atoms with E-state index in [-0.39, 0.29) is 5.91 Å². The van der Waals surface area contributed by atoms with Crippen molar-refractivity contribution in [1.82, 2.24) is 0 Å². The Morgan fingerprint density at radius 1 is 1.23 bits per heavy atom. The van der Waals surface area contributed by atoms with Crippen LogP contribution in [0.1, 0.15) is 24.1 Å². The third kappa shape index (κ3) is 3.81. The molecule has 1 aliphatic heterocycles. The van der Waals surface area contributed by atoms with Crippen molar-refractivity contribution in [2.75, 3.05) is 23.3 Å². The van der Waals surface area contributed by atoms with Gasteiger partial charge in [0.15, 0.2) is 0 Å². The normalized spacial score (nSPS) is 14.9. The topological polar surface area (TPSA) is 32.3 Å². The van der Waals surface area contributed by atoms with E-state index >= 15 is 0 Å². The summed E-state index contributed by atoms with van der Waals surface area (Å²) in [6, 6.07) is 9.69. The van der Waals surface area contributed by atoms with E-state index in [0.717, 1.165) is 29.3 Å². The molecule has 1 saturated heterocycles. The van der Waals surface area contributed by atoms with Gasteiger partial charge in [-0.25, -0.2) is 0 Å². The van der Waals surface area contributed by atoms with Crippen LogP contribution in [0.5, 0.6) is 0 Å². The summed E-state index contributed by atoms with van der Waals surface area (Å²) in [6.07, 6.45) is 4.09. The number of carbonyl (C=O) groups excluding carboxylic acids is 1. The molecule has 5 heteroatoms. The van der Waals surface area contributed by atoms with E-state index < -0.39 is 0 Å². The average molecular weight is 335 g/mol. The van der Waals surface area contributed by atoms with Crippen molar-refractivity contribution in [3.05, 3.63) is 45.6 Å². The lowest BCUT2D eigenvalue weighted by atomic mass is 10.1. The lowest BCUT2D eigenvalue weighted by Crippen LogP contribution is -2.30.